The van der Waals surface area contributed by atoms with Gasteiger partial charge in [0, 0.05) is 0 Å². The summed E-state index contributed by atoms with van der Waals surface area (Å²) >= 11 is 0. The fourth-order valence-corrected chi connectivity index (χ4v) is 1.22. The second kappa shape index (κ2) is 6.16. The summed E-state index contributed by atoms with van der Waals surface area (Å²) in [5.74, 6) is 4.73. The Morgan fingerprint density at radius 1 is 1.47 bits per heavy atom. The Labute approximate surface area is 89.4 Å². The Morgan fingerprint density at radius 3 is 2.73 bits per heavy atom. The van der Waals surface area contributed by atoms with Crippen molar-refractivity contribution in [2.75, 3.05) is 6.61 Å². The molecule has 4 nitrogen and oxygen atoms in total. The van der Waals surface area contributed by atoms with Crippen LogP contribution in [0, 0.1) is 0 Å². The van der Waals surface area contributed by atoms with E-state index in [1.54, 1.807) is 0 Å². The molecule has 1 atom stereocenters. The first-order chi connectivity index (χ1) is 7.24. The summed E-state index contributed by atoms with van der Waals surface area (Å²) in [6.07, 6.45) is 0.282. The molecular formula is C11H16N2O2. The van der Waals surface area contributed by atoms with E-state index in [1.807, 2.05) is 37.3 Å². The van der Waals surface area contributed by atoms with Crippen LogP contribution in [0.1, 0.15) is 25.0 Å². The first-order valence-corrected chi connectivity index (χ1v) is 4.90. The molecule has 3 N–H and O–H groups in total. The Kier molecular flexibility index (Phi) is 4.80. The fourth-order valence-electron chi connectivity index (χ4n) is 1.22. The van der Waals surface area contributed by atoms with Crippen LogP contribution in [-0.4, -0.2) is 12.5 Å². The van der Waals surface area contributed by atoms with E-state index < -0.39 is 0 Å². The van der Waals surface area contributed by atoms with Gasteiger partial charge in [-0.1, -0.05) is 30.3 Å². The van der Waals surface area contributed by atoms with E-state index in [9.17, 15) is 4.79 Å². The van der Waals surface area contributed by atoms with Crippen molar-refractivity contribution in [3.05, 3.63) is 35.9 Å². The van der Waals surface area contributed by atoms with Gasteiger partial charge in [0.2, 0.25) is 5.91 Å². The molecule has 15 heavy (non-hydrogen) atoms. The summed E-state index contributed by atoms with van der Waals surface area (Å²) in [7, 11) is 0. The minimum atomic E-state index is -0.213. The molecule has 1 aromatic rings. The smallest absolute Gasteiger partial charge is 0.236 e. The number of hydrogen-bond acceptors (Lipinski definition) is 3. The van der Waals surface area contributed by atoms with E-state index >= 15 is 0 Å². The minimum absolute atomic E-state index is 0.00299. The van der Waals surface area contributed by atoms with Crippen molar-refractivity contribution in [3.8, 4) is 0 Å². The fraction of sp³-hybridized carbons (Fsp3) is 0.364. The van der Waals surface area contributed by atoms with Gasteiger partial charge in [-0.2, -0.15) is 0 Å². The number of hydrogen-bond donors (Lipinski definition) is 2. The molecule has 0 aliphatic heterocycles. The quantitative estimate of drug-likeness (QED) is 0.433. The highest BCUT2D eigenvalue weighted by Gasteiger charge is 2.05. The number of amides is 1. The summed E-state index contributed by atoms with van der Waals surface area (Å²) in [4.78, 5) is 10.8. The molecular weight excluding hydrogens is 192 g/mol. The van der Waals surface area contributed by atoms with E-state index in [-0.39, 0.29) is 18.4 Å². The Bertz CT molecular complexity index is 301. The first kappa shape index (κ1) is 11.7. The average molecular weight is 208 g/mol. The lowest BCUT2D eigenvalue weighted by Crippen LogP contribution is -2.30. The predicted molar refractivity (Wildman–Crippen MR) is 57.8 cm³/mol. The number of benzene rings is 1. The summed E-state index contributed by atoms with van der Waals surface area (Å²) in [5, 5.41) is 0. The highest BCUT2D eigenvalue weighted by Crippen LogP contribution is 2.15. The van der Waals surface area contributed by atoms with E-state index in [0.29, 0.717) is 6.61 Å². The van der Waals surface area contributed by atoms with Crippen molar-refractivity contribution in [1.29, 1.82) is 0 Å². The van der Waals surface area contributed by atoms with Gasteiger partial charge < -0.3 is 4.74 Å². The SMILES string of the molecule is CC(OCCC(=O)NN)c1ccccc1. The molecule has 1 aromatic carbocycles. The second-order valence-corrected chi connectivity index (χ2v) is 3.24. The molecule has 1 unspecified atom stereocenters. The largest absolute Gasteiger partial charge is 0.373 e. The van der Waals surface area contributed by atoms with Gasteiger partial charge in [0.25, 0.3) is 0 Å². The zero-order chi connectivity index (χ0) is 11.1. The standard InChI is InChI=1S/C11H16N2O2/c1-9(10-5-3-2-4-6-10)15-8-7-11(14)13-12/h2-6,9H,7-8,12H2,1H3,(H,13,14). The van der Waals surface area contributed by atoms with E-state index in [2.05, 4.69) is 5.43 Å². The number of carbonyl (C=O) groups excluding carboxylic acids is 1. The van der Waals surface area contributed by atoms with Crippen molar-refractivity contribution in [2.24, 2.45) is 5.84 Å². The van der Waals surface area contributed by atoms with Crippen LogP contribution in [0.3, 0.4) is 0 Å². The summed E-state index contributed by atoms with van der Waals surface area (Å²) in [6.45, 7) is 2.33. The van der Waals surface area contributed by atoms with E-state index in [4.69, 9.17) is 10.6 Å². The summed E-state index contributed by atoms with van der Waals surface area (Å²) in [5.41, 5.74) is 3.16. The molecule has 0 bridgehead atoms. The van der Waals surface area contributed by atoms with Crippen LogP contribution < -0.4 is 11.3 Å². The molecule has 82 valence electrons. The third-order valence-corrected chi connectivity index (χ3v) is 2.13. The van der Waals surface area contributed by atoms with Gasteiger partial charge in [-0.15, -0.1) is 0 Å². The van der Waals surface area contributed by atoms with Gasteiger partial charge in [-0.05, 0) is 12.5 Å². The van der Waals surface area contributed by atoms with Crippen LogP contribution in [0.15, 0.2) is 30.3 Å². The molecule has 1 rings (SSSR count). The molecule has 0 aliphatic carbocycles. The van der Waals surface area contributed by atoms with Crippen LogP contribution in [0.5, 0.6) is 0 Å². The van der Waals surface area contributed by atoms with Gasteiger partial charge in [-0.3, -0.25) is 10.2 Å². The minimum Gasteiger partial charge on any atom is -0.373 e. The molecule has 0 saturated heterocycles. The number of carbonyl (C=O) groups is 1. The Morgan fingerprint density at radius 2 is 2.13 bits per heavy atom. The highest BCUT2D eigenvalue weighted by molar-refractivity contribution is 5.75. The lowest BCUT2D eigenvalue weighted by molar-refractivity contribution is -0.122. The van der Waals surface area contributed by atoms with Crippen molar-refractivity contribution in [2.45, 2.75) is 19.4 Å². The molecule has 4 heteroatoms. The van der Waals surface area contributed by atoms with Gasteiger partial charge in [0.1, 0.15) is 0 Å². The van der Waals surface area contributed by atoms with Gasteiger partial charge in [0.05, 0.1) is 19.1 Å². The normalized spacial score (nSPS) is 12.1. The third-order valence-electron chi connectivity index (χ3n) is 2.13. The van der Waals surface area contributed by atoms with Gasteiger partial charge >= 0.3 is 0 Å². The first-order valence-electron chi connectivity index (χ1n) is 4.90. The maximum absolute atomic E-state index is 10.8. The molecule has 0 aromatic heterocycles. The number of nitrogens with two attached hydrogens (primary N) is 1. The van der Waals surface area contributed by atoms with Crippen LogP contribution >= 0.6 is 0 Å². The number of ether oxygens (including phenoxy) is 1. The second-order valence-electron chi connectivity index (χ2n) is 3.24. The summed E-state index contributed by atoms with van der Waals surface area (Å²) in [6, 6.07) is 9.86. The van der Waals surface area contributed by atoms with Crippen LogP contribution in [-0.2, 0) is 9.53 Å². The maximum Gasteiger partial charge on any atom is 0.236 e. The predicted octanol–water partition coefficient (Wildman–Crippen LogP) is 1.14. The van der Waals surface area contributed by atoms with Crippen molar-refractivity contribution >= 4 is 5.91 Å². The zero-order valence-electron chi connectivity index (χ0n) is 8.77. The van der Waals surface area contributed by atoms with Crippen molar-refractivity contribution < 1.29 is 9.53 Å². The van der Waals surface area contributed by atoms with Crippen molar-refractivity contribution in [1.82, 2.24) is 5.43 Å². The van der Waals surface area contributed by atoms with Crippen LogP contribution in [0.25, 0.3) is 0 Å². The van der Waals surface area contributed by atoms with E-state index in [0.717, 1.165) is 5.56 Å². The molecule has 0 fully saturated rings. The maximum atomic E-state index is 10.8. The van der Waals surface area contributed by atoms with Gasteiger partial charge in [0.15, 0.2) is 0 Å². The monoisotopic (exact) mass is 208 g/mol. The zero-order valence-corrected chi connectivity index (χ0v) is 8.77. The lowest BCUT2D eigenvalue weighted by Gasteiger charge is -2.12. The molecule has 0 aliphatic rings. The molecule has 0 radical (unpaired) electrons. The van der Waals surface area contributed by atoms with E-state index in [1.165, 1.54) is 0 Å². The van der Waals surface area contributed by atoms with Crippen LogP contribution in [0.2, 0.25) is 0 Å². The topological polar surface area (TPSA) is 64.3 Å². The number of rotatable bonds is 5. The number of hydrazine groups is 1. The Balaban J connectivity index is 2.31. The lowest BCUT2D eigenvalue weighted by atomic mass is 10.1. The molecule has 0 spiro atoms. The van der Waals surface area contributed by atoms with Gasteiger partial charge in [-0.25, -0.2) is 5.84 Å². The molecule has 0 saturated carbocycles. The molecule has 1 amide bonds. The molecule has 0 heterocycles. The Hall–Kier alpha value is -1.39. The number of nitrogens with one attached hydrogen (secondary N) is 1. The van der Waals surface area contributed by atoms with Crippen molar-refractivity contribution in [3.63, 3.8) is 0 Å². The third kappa shape index (κ3) is 4.10. The van der Waals surface area contributed by atoms with Crippen LogP contribution in [0.4, 0.5) is 0 Å². The average Bonchev–Trinajstić information content (AvgIpc) is 2.29. The summed E-state index contributed by atoms with van der Waals surface area (Å²) < 4.78 is 5.48. The highest BCUT2D eigenvalue weighted by atomic mass is 16.5.